The minimum Gasteiger partial charge on any atom is -0.465 e. The van der Waals surface area contributed by atoms with Crippen LogP contribution >= 0.6 is 11.8 Å². The first-order valence-electron chi connectivity index (χ1n) is 8.81. The SMILES string of the molecule is COC(=O)C1=C[C@@H](C(C)(O)c2ccccc2)[C@@H](C(C)(O)c2ccccc2)S1. The van der Waals surface area contributed by atoms with Gasteiger partial charge in [0.1, 0.15) is 0 Å². The fourth-order valence-electron chi connectivity index (χ4n) is 3.55. The van der Waals surface area contributed by atoms with E-state index in [2.05, 4.69) is 0 Å². The fourth-order valence-corrected chi connectivity index (χ4v) is 5.08. The van der Waals surface area contributed by atoms with Crippen LogP contribution in [0.15, 0.2) is 71.6 Å². The van der Waals surface area contributed by atoms with Gasteiger partial charge in [0.05, 0.1) is 28.5 Å². The van der Waals surface area contributed by atoms with Gasteiger partial charge in [-0.2, -0.15) is 0 Å². The number of carbonyl (C=O) groups is 1. The molecule has 4 atom stereocenters. The van der Waals surface area contributed by atoms with Crippen molar-refractivity contribution in [3.05, 3.63) is 82.8 Å². The first-order chi connectivity index (χ1) is 12.8. The Morgan fingerprint density at radius 2 is 1.41 bits per heavy atom. The van der Waals surface area contributed by atoms with Gasteiger partial charge >= 0.3 is 5.97 Å². The van der Waals surface area contributed by atoms with Gasteiger partial charge in [0, 0.05) is 5.92 Å². The molecule has 27 heavy (non-hydrogen) atoms. The number of methoxy groups -OCH3 is 1. The van der Waals surface area contributed by atoms with Gasteiger partial charge < -0.3 is 14.9 Å². The van der Waals surface area contributed by atoms with Gasteiger partial charge in [-0.15, -0.1) is 11.8 Å². The molecule has 4 nitrogen and oxygen atoms in total. The van der Waals surface area contributed by atoms with Gasteiger partial charge in [0.25, 0.3) is 0 Å². The highest BCUT2D eigenvalue weighted by Crippen LogP contribution is 2.52. The maximum Gasteiger partial charge on any atom is 0.344 e. The van der Waals surface area contributed by atoms with Gasteiger partial charge in [-0.3, -0.25) is 0 Å². The molecule has 1 heterocycles. The van der Waals surface area contributed by atoms with Gasteiger partial charge in [0.2, 0.25) is 0 Å². The largest absolute Gasteiger partial charge is 0.465 e. The van der Waals surface area contributed by atoms with Crippen molar-refractivity contribution in [3.8, 4) is 0 Å². The average Bonchev–Trinajstić information content (AvgIpc) is 3.16. The van der Waals surface area contributed by atoms with E-state index in [1.54, 1.807) is 19.9 Å². The highest BCUT2D eigenvalue weighted by atomic mass is 32.2. The molecule has 0 aliphatic carbocycles. The molecule has 0 amide bonds. The average molecular weight is 384 g/mol. The number of carbonyl (C=O) groups excluding carboxylic acids is 1. The number of ether oxygens (including phenoxy) is 1. The molecular weight excluding hydrogens is 360 g/mol. The van der Waals surface area contributed by atoms with Crippen LogP contribution in [0.5, 0.6) is 0 Å². The number of thioether (sulfide) groups is 1. The van der Waals surface area contributed by atoms with Crippen molar-refractivity contribution < 1.29 is 19.7 Å². The number of esters is 1. The molecule has 5 heteroatoms. The zero-order valence-electron chi connectivity index (χ0n) is 15.6. The Labute approximate surface area is 163 Å². The van der Waals surface area contributed by atoms with Crippen molar-refractivity contribution in [2.45, 2.75) is 30.3 Å². The van der Waals surface area contributed by atoms with Crippen LogP contribution in [-0.4, -0.2) is 28.5 Å². The molecule has 0 spiro atoms. The van der Waals surface area contributed by atoms with Crippen LogP contribution < -0.4 is 0 Å². The summed E-state index contributed by atoms with van der Waals surface area (Å²) in [5.74, 6) is -0.950. The second-order valence-electron chi connectivity index (χ2n) is 7.11. The molecule has 0 radical (unpaired) electrons. The first-order valence-corrected chi connectivity index (χ1v) is 9.69. The van der Waals surface area contributed by atoms with E-state index in [-0.39, 0.29) is 0 Å². The van der Waals surface area contributed by atoms with Crippen molar-refractivity contribution in [3.63, 3.8) is 0 Å². The van der Waals surface area contributed by atoms with Crippen LogP contribution in [0.4, 0.5) is 0 Å². The lowest BCUT2D eigenvalue weighted by Gasteiger charge is -2.40. The summed E-state index contributed by atoms with van der Waals surface area (Å²) in [6.45, 7) is 3.44. The van der Waals surface area contributed by atoms with Crippen molar-refractivity contribution in [1.82, 2.24) is 0 Å². The molecule has 2 aromatic carbocycles. The summed E-state index contributed by atoms with van der Waals surface area (Å²) in [5, 5.41) is 22.4. The third-order valence-electron chi connectivity index (χ3n) is 5.22. The van der Waals surface area contributed by atoms with E-state index in [4.69, 9.17) is 4.74 Å². The standard InChI is InChI=1S/C22H24O4S/c1-21(24,15-10-6-4-7-11-15)17-14-18(20(23)26-3)27-19(17)22(2,25)16-12-8-5-9-13-16/h4-14,17,19,24-25H,1-3H3/t17-,19+,21?,22?/m1/s1. The second-order valence-corrected chi connectivity index (χ2v) is 8.30. The van der Waals surface area contributed by atoms with E-state index in [0.717, 1.165) is 11.1 Å². The Balaban J connectivity index is 2.06. The Kier molecular flexibility index (Phi) is 5.47. The molecule has 2 unspecified atom stereocenters. The number of hydrogen-bond donors (Lipinski definition) is 2. The predicted molar refractivity (Wildman–Crippen MR) is 107 cm³/mol. The maximum absolute atomic E-state index is 12.2. The summed E-state index contributed by atoms with van der Waals surface area (Å²) in [7, 11) is 1.33. The van der Waals surface area contributed by atoms with Crippen LogP contribution in [0.1, 0.15) is 25.0 Å². The van der Waals surface area contributed by atoms with Crippen LogP contribution in [0.2, 0.25) is 0 Å². The van der Waals surface area contributed by atoms with Crippen LogP contribution in [0, 0.1) is 5.92 Å². The van der Waals surface area contributed by atoms with Crippen molar-refractivity contribution in [2.75, 3.05) is 7.11 Å². The summed E-state index contributed by atoms with van der Waals surface area (Å²) in [6.07, 6.45) is 1.73. The molecular formula is C22H24O4S. The zero-order valence-corrected chi connectivity index (χ0v) is 16.4. The lowest BCUT2D eigenvalue weighted by atomic mass is 9.74. The molecule has 0 saturated heterocycles. The van der Waals surface area contributed by atoms with E-state index in [1.807, 2.05) is 60.7 Å². The summed E-state index contributed by atoms with van der Waals surface area (Å²) in [5.41, 5.74) is -1.07. The molecule has 3 rings (SSSR count). The molecule has 0 saturated carbocycles. The topological polar surface area (TPSA) is 66.8 Å². The third kappa shape index (κ3) is 3.68. The second kappa shape index (κ2) is 7.50. The highest BCUT2D eigenvalue weighted by Gasteiger charge is 2.51. The molecule has 2 aromatic rings. The van der Waals surface area contributed by atoms with E-state index in [0.29, 0.717) is 4.91 Å². The van der Waals surface area contributed by atoms with Gasteiger partial charge in [0.15, 0.2) is 0 Å². The van der Waals surface area contributed by atoms with Gasteiger partial charge in [-0.05, 0) is 25.0 Å². The number of rotatable bonds is 5. The van der Waals surface area contributed by atoms with Crippen LogP contribution in [0.3, 0.4) is 0 Å². The summed E-state index contributed by atoms with van der Waals surface area (Å²) in [6, 6.07) is 18.6. The highest BCUT2D eigenvalue weighted by molar-refractivity contribution is 8.04. The minimum absolute atomic E-state index is 0.403. The van der Waals surface area contributed by atoms with Crippen LogP contribution in [0.25, 0.3) is 0 Å². The van der Waals surface area contributed by atoms with Crippen molar-refractivity contribution in [1.29, 1.82) is 0 Å². The molecule has 2 N–H and O–H groups in total. The summed E-state index contributed by atoms with van der Waals surface area (Å²) >= 11 is 1.25. The van der Waals surface area contributed by atoms with Gasteiger partial charge in [-0.1, -0.05) is 66.7 Å². The van der Waals surface area contributed by atoms with E-state index < -0.39 is 28.3 Å². The molecule has 142 valence electrons. The van der Waals surface area contributed by atoms with Crippen molar-refractivity contribution >= 4 is 17.7 Å². The molecule has 1 aliphatic heterocycles. The maximum atomic E-state index is 12.2. The predicted octanol–water partition coefficient (Wildman–Crippen LogP) is 3.59. The molecule has 0 fully saturated rings. The first kappa shape index (κ1) is 19.7. The molecule has 0 aromatic heterocycles. The Morgan fingerprint density at radius 3 is 1.89 bits per heavy atom. The van der Waals surface area contributed by atoms with Gasteiger partial charge in [-0.25, -0.2) is 4.79 Å². The van der Waals surface area contributed by atoms with E-state index in [9.17, 15) is 15.0 Å². The van der Waals surface area contributed by atoms with E-state index in [1.165, 1.54) is 18.9 Å². The summed E-state index contributed by atoms with van der Waals surface area (Å²) in [4.78, 5) is 12.6. The Morgan fingerprint density at radius 1 is 0.926 bits per heavy atom. The monoisotopic (exact) mass is 384 g/mol. The summed E-state index contributed by atoms with van der Waals surface area (Å²) < 4.78 is 4.88. The quantitative estimate of drug-likeness (QED) is 0.771. The Bertz CT molecular complexity index is 828. The van der Waals surface area contributed by atoms with Crippen LogP contribution in [-0.2, 0) is 20.7 Å². The molecule has 1 aliphatic rings. The fraction of sp³-hybridized carbons (Fsp3) is 0.318. The minimum atomic E-state index is -1.27. The van der Waals surface area contributed by atoms with Crippen molar-refractivity contribution in [2.24, 2.45) is 5.92 Å². The number of hydrogen-bond acceptors (Lipinski definition) is 5. The molecule has 0 bridgehead atoms. The number of aliphatic hydroxyl groups is 2. The lowest BCUT2D eigenvalue weighted by molar-refractivity contribution is -0.135. The normalized spacial score (nSPS) is 23.8. The third-order valence-corrected chi connectivity index (χ3v) is 6.78. The lowest BCUT2D eigenvalue weighted by Crippen LogP contribution is -2.45. The van der Waals surface area contributed by atoms with E-state index >= 15 is 0 Å². The number of benzene rings is 2. The smallest absolute Gasteiger partial charge is 0.344 e. The zero-order chi connectivity index (χ0) is 19.7. The Hall–Kier alpha value is -2.08.